The molecule has 0 aliphatic heterocycles. The summed E-state index contributed by atoms with van der Waals surface area (Å²) in [6, 6.07) is 1.94. The van der Waals surface area contributed by atoms with Gasteiger partial charge in [0.2, 0.25) is 0 Å². The van der Waals surface area contributed by atoms with Crippen molar-refractivity contribution in [3.63, 3.8) is 0 Å². The summed E-state index contributed by atoms with van der Waals surface area (Å²) in [6.07, 6.45) is 9.72. The van der Waals surface area contributed by atoms with Gasteiger partial charge < -0.3 is 4.57 Å². The number of hydrogen-bond donors (Lipinski definition) is 0. The lowest BCUT2D eigenvalue weighted by molar-refractivity contribution is 0.0988. The first-order valence-electron chi connectivity index (χ1n) is 6.90. The van der Waals surface area contributed by atoms with Crippen molar-refractivity contribution in [2.45, 2.75) is 59.4 Å². The number of nitrogens with zero attached hydrogens (tertiary/aromatic N) is 1. The molecule has 2 heteroatoms. The van der Waals surface area contributed by atoms with Gasteiger partial charge in [0, 0.05) is 30.9 Å². The van der Waals surface area contributed by atoms with E-state index in [9.17, 15) is 4.79 Å². The van der Waals surface area contributed by atoms with Gasteiger partial charge in [0.05, 0.1) is 0 Å². The highest BCUT2D eigenvalue weighted by Gasteiger charge is 2.09. The Labute approximate surface area is 105 Å². The number of hydrogen-bond acceptors (Lipinski definition) is 1. The third kappa shape index (κ3) is 4.37. The maximum absolute atomic E-state index is 11.5. The summed E-state index contributed by atoms with van der Waals surface area (Å²) in [7, 11) is 0. The van der Waals surface area contributed by atoms with Crippen LogP contribution in [0.2, 0.25) is 0 Å². The zero-order valence-electron chi connectivity index (χ0n) is 11.4. The Morgan fingerprint density at radius 2 is 2.12 bits per heavy atom. The van der Waals surface area contributed by atoms with E-state index in [0.29, 0.717) is 6.42 Å². The molecule has 1 aromatic heterocycles. The molecule has 1 unspecified atom stereocenters. The summed E-state index contributed by atoms with van der Waals surface area (Å²) in [5.41, 5.74) is 0.859. The molecule has 0 aliphatic rings. The number of aromatic nitrogens is 1. The minimum atomic E-state index is 0.241. The van der Waals surface area contributed by atoms with Crippen molar-refractivity contribution in [2.75, 3.05) is 0 Å². The molecule has 1 aromatic rings. The molecule has 1 heterocycles. The summed E-state index contributed by atoms with van der Waals surface area (Å²) in [5, 5.41) is 0. The third-order valence-corrected chi connectivity index (χ3v) is 3.41. The molecule has 0 fully saturated rings. The minimum absolute atomic E-state index is 0.241. The van der Waals surface area contributed by atoms with Gasteiger partial charge in [-0.2, -0.15) is 0 Å². The molecule has 0 aromatic carbocycles. The van der Waals surface area contributed by atoms with E-state index < -0.39 is 0 Å². The molecule has 2 nitrogen and oxygen atoms in total. The van der Waals surface area contributed by atoms with Crippen molar-refractivity contribution < 1.29 is 4.79 Å². The highest BCUT2D eigenvalue weighted by atomic mass is 16.1. The van der Waals surface area contributed by atoms with E-state index in [1.54, 1.807) is 0 Å². The highest BCUT2D eigenvalue weighted by molar-refractivity contribution is 5.95. The van der Waals surface area contributed by atoms with Crippen molar-refractivity contribution >= 4 is 5.78 Å². The van der Waals surface area contributed by atoms with Crippen LogP contribution in [0.1, 0.15) is 63.2 Å². The van der Waals surface area contributed by atoms with Crippen molar-refractivity contribution in [1.29, 1.82) is 0 Å². The normalized spacial score (nSPS) is 12.6. The summed E-state index contributed by atoms with van der Waals surface area (Å²) in [4.78, 5) is 11.5. The predicted molar refractivity (Wildman–Crippen MR) is 72.4 cm³/mol. The Balaban J connectivity index is 2.54. The molecular formula is C15H25NO. The Bertz CT molecular complexity index is 340. The Hall–Kier alpha value is -1.05. The molecule has 0 saturated carbocycles. The molecule has 0 bridgehead atoms. The van der Waals surface area contributed by atoms with Gasteiger partial charge in [-0.05, 0) is 18.4 Å². The molecule has 1 atom stereocenters. The fourth-order valence-electron chi connectivity index (χ4n) is 2.14. The molecule has 0 radical (unpaired) electrons. The molecule has 17 heavy (non-hydrogen) atoms. The van der Waals surface area contributed by atoms with Crippen molar-refractivity contribution in [3.8, 4) is 0 Å². The van der Waals surface area contributed by atoms with Gasteiger partial charge in [-0.25, -0.2) is 0 Å². The van der Waals surface area contributed by atoms with Crippen LogP contribution in [-0.2, 0) is 6.54 Å². The van der Waals surface area contributed by atoms with Gasteiger partial charge >= 0.3 is 0 Å². The maximum Gasteiger partial charge on any atom is 0.164 e. The van der Waals surface area contributed by atoms with E-state index >= 15 is 0 Å². The van der Waals surface area contributed by atoms with Crippen LogP contribution in [0, 0.1) is 5.92 Å². The third-order valence-electron chi connectivity index (χ3n) is 3.41. The number of carbonyl (C=O) groups excluding carboxylic acids is 1. The molecule has 0 N–H and O–H groups in total. The van der Waals surface area contributed by atoms with Crippen LogP contribution in [0.5, 0.6) is 0 Å². The molecule has 0 spiro atoms. The van der Waals surface area contributed by atoms with Gasteiger partial charge in [-0.1, -0.05) is 40.0 Å². The van der Waals surface area contributed by atoms with E-state index in [1.807, 2.05) is 25.4 Å². The van der Waals surface area contributed by atoms with E-state index in [0.717, 1.165) is 18.0 Å². The lowest BCUT2D eigenvalue weighted by Gasteiger charge is -2.15. The lowest BCUT2D eigenvalue weighted by Crippen LogP contribution is -2.08. The predicted octanol–water partition coefficient (Wildman–Crippen LogP) is 4.30. The van der Waals surface area contributed by atoms with Crippen molar-refractivity contribution in [2.24, 2.45) is 5.92 Å². The van der Waals surface area contributed by atoms with Crippen LogP contribution >= 0.6 is 0 Å². The molecule has 0 aliphatic carbocycles. The number of unbranched alkanes of at least 4 members (excludes halogenated alkanes) is 1. The smallest absolute Gasteiger partial charge is 0.164 e. The summed E-state index contributed by atoms with van der Waals surface area (Å²) in [5.74, 6) is 0.984. The van der Waals surface area contributed by atoms with Gasteiger partial charge in [-0.15, -0.1) is 0 Å². The van der Waals surface area contributed by atoms with Crippen LogP contribution in [0.15, 0.2) is 18.5 Å². The van der Waals surface area contributed by atoms with E-state index in [-0.39, 0.29) is 5.78 Å². The highest BCUT2D eigenvalue weighted by Crippen LogP contribution is 2.16. The molecule has 96 valence electrons. The van der Waals surface area contributed by atoms with Crippen LogP contribution < -0.4 is 0 Å². The van der Waals surface area contributed by atoms with Crippen molar-refractivity contribution in [1.82, 2.24) is 4.57 Å². The fourth-order valence-corrected chi connectivity index (χ4v) is 2.14. The SMILES string of the molecule is CCCCC(CC)Cn1ccc(C(=O)CC)c1. The number of carbonyl (C=O) groups is 1. The maximum atomic E-state index is 11.5. The zero-order valence-corrected chi connectivity index (χ0v) is 11.4. The van der Waals surface area contributed by atoms with Crippen LogP contribution in [-0.4, -0.2) is 10.4 Å². The second-order valence-corrected chi connectivity index (χ2v) is 4.79. The first-order chi connectivity index (χ1) is 8.21. The van der Waals surface area contributed by atoms with Gasteiger partial charge in [0.15, 0.2) is 5.78 Å². The minimum Gasteiger partial charge on any atom is -0.353 e. The molecule has 1 rings (SSSR count). The molecule has 0 amide bonds. The summed E-state index contributed by atoms with van der Waals surface area (Å²) >= 11 is 0. The fraction of sp³-hybridized carbons (Fsp3) is 0.667. The van der Waals surface area contributed by atoms with Crippen molar-refractivity contribution in [3.05, 3.63) is 24.0 Å². The van der Waals surface area contributed by atoms with Crippen LogP contribution in [0.3, 0.4) is 0 Å². The largest absolute Gasteiger partial charge is 0.353 e. The average Bonchev–Trinajstić information content (AvgIpc) is 2.81. The van der Waals surface area contributed by atoms with Gasteiger partial charge in [0.25, 0.3) is 0 Å². The number of ketones is 1. The van der Waals surface area contributed by atoms with Crippen LogP contribution in [0.4, 0.5) is 0 Å². The second kappa shape index (κ2) is 7.31. The number of Topliss-reactive ketones (excluding diaryl/α,β-unsaturated/α-hetero) is 1. The standard InChI is InChI=1S/C15H25NO/c1-4-7-8-13(5-2)11-16-10-9-14(12-16)15(17)6-3/h9-10,12-13H,4-8,11H2,1-3H3. The Kier molecular flexibility index (Phi) is 6.03. The molecular weight excluding hydrogens is 210 g/mol. The quantitative estimate of drug-likeness (QED) is 0.616. The second-order valence-electron chi connectivity index (χ2n) is 4.79. The number of rotatable bonds is 8. The monoisotopic (exact) mass is 235 g/mol. The van der Waals surface area contributed by atoms with E-state index in [4.69, 9.17) is 0 Å². The van der Waals surface area contributed by atoms with Gasteiger partial charge in [-0.3, -0.25) is 4.79 Å². The Morgan fingerprint density at radius 3 is 2.71 bits per heavy atom. The summed E-state index contributed by atoms with van der Waals surface area (Å²) in [6.45, 7) is 7.45. The zero-order chi connectivity index (χ0) is 12.7. The molecule has 0 saturated heterocycles. The van der Waals surface area contributed by atoms with Crippen LogP contribution in [0.25, 0.3) is 0 Å². The Morgan fingerprint density at radius 1 is 1.35 bits per heavy atom. The van der Waals surface area contributed by atoms with E-state index in [1.165, 1.54) is 25.7 Å². The first-order valence-corrected chi connectivity index (χ1v) is 6.90. The summed E-state index contributed by atoms with van der Waals surface area (Å²) < 4.78 is 2.17. The lowest BCUT2D eigenvalue weighted by atomic mass is 9.99. The van der Waals surface area contributed by atoms with E-state index in [2.05, 4.69) is 18.4 Å². The average molecular weight is 235 g/mol. The topological polar surface area (TPSA) is 22.0 Å². The van der Waals surface area contributed by atoms with Gasteiger partial charge in [0.1, 0.15) is 0 Å². The first kappa shape index (κ1) is 14.0.